The first-order valence-electron chi connectivity index (χ1n) is 6.54. The molecule has 0 spiro atoms. The van der Waals surface area contributed by atoms with Crippen molar-refractivity contribution in [3.8, 4) is 5.75 Å². The number of ether oxygens (including phenoxy) is 1. The van der Waals surface area contributed by atoms with Crippen LogP contribution in [0.2, 0.25) is 0 Å². The Hall–Kier alpha value is -0.820. The lowest BCUT2D eigenvalue weighted by Gasteiger charge is -2.28. The van der Waals surface area contributed by atoms with Crippen LogP contribution >= 0.6 is 23.5 Å². The highest BCUT2D eigenvalue weighted by Crippen LogP contribution is 2.35. The number of rotatable bonds is 4. The topological polar surface area (TPSA) is 26.3 Å². The van der Waals surface area contributed by atoms with E-state index in [2.05, 4.69) is 4.74 Å². The Morgan fingerprint density at radius 1 is 1.33 bits per heavy atom. The van der Waals surface area contributed by atoms with E-state index >= 15 is 0 Å². The van der Waals surface area contributed by atoms with Crippen molar-refractivity contribution < 1.29 is 22.7 Å². The van der Waals surface area contributed by atoms with Crippen LogP contribution in [-0.2, 0) is 0 Å². The number of halogens is 3. The van der Waals surface area contributed by atoms with Gasteiger partial charge in [-0.25, -0.2) is 0 Å². The molecule has 2 unspecified atom stereocenters. The van der Waals surface area contributed by atoms with Gasteiger partial charge in [-0.1, -0.05) is 19.1 Å². The highest BCUT2D eigenvalue weighted by atomic mass is 32.2. The van der Waals surface area contributed by atoms with Gasteiger partial charge >= 0.3 is 6.36 Å². The monoisotopic (exact) mass is 336 g/mol. The van der Waals surface area contributed by atoms with Gasteiger partial charge in [-0.05, 0) is 18.6 Å². The zero-order chi connectivity index (χ0) is 15.5. The lowest BCUT2D eigenvalue weighted by molar-refractivity contribution is -0.274. The van der Waals surface area contributed by atoms with Crippen LogP contribution < -0.4 is 4.74 Å². The number of carbonyl (C=O) groups excluding carboxylic acids is 1. The minimum atomic E-state index is -4.75. The van der Waals surface area contributed by atoms with E-state index < -0.39 is 6.36 Å². The molecule has 0 radical (unpaired) electrons. The molecule has 1 heterocycles. The van der Waals surface area contributed by atoms with E-state index in [1.165, 1.54) is 24.3 Å². The van der Waals surface area contributed by atoms with Gasteiger partial charge in [0.1, 0.15) is 5.75 Å². The van der Waals surface area contributed by atoms with Crippen LogP contribution in [0.3, 0.4) is 0 Å². The first-order chi connectivity index (χ1) is 9.90. The Labute approximate surface area is 129 Å². The van der Waals surface area contributed by atoms with Gasteiger partial charge in [-0.15, -0.1) is 24.9 Å². The number of benzene rings is 1. The third-order valence-electron chi connectivity index (χ3n) is 3.06. The largest absolute Gasteiger partial charge is 0.573 e. The van der Waals surface area contributed by atoms with E-state index in [0.717, 1.165) is 17.9 Å². The average Bonchev–Trinajstić information content (AvgIpc) is 2.45. The van der Waals surface area contributed by atoms with E-state index in [0.29, 0.717) is 0 Å². The summed E-state index contributed by atoms with van der Waals surface area (Å²) in [7, 11) is 0. The molecule has 0 aromatic heterocycles. The summed E-state index contributed by atoms with van der Waals surface area (Å²) in [5, 5.41) is 0.0123. The number of hydrogen-bond donors (Lipinski definition) is 0. The maximum atomic E-state index is 12.5. The van der Waals surface area contributed by atoms with Crippen molar-refractivity contribution in [1.29, 1.82) is 0 Å². The molecule has 1 aromatic carbocycles. The Bertz CT molecular complexity index is 505. The number of thioether (sulfide) groups is 2. The fourth-order valence-electron chi connectivity index (χ4n) is 2.16. The second kappa shape index (κ2) is 6.96. The summed E-state index contributed by atoms with van der Waals surface area (Å²) >= 11 is 3.34. The molecule has 1 fully saturated rings. The van der Waals surface area contributed by atoms with E-state index in [4.69, 9.17) is 0 Å². The Balaban J connectivity index is 2.17. The molecule has 2 atom stereocenters. The summed E-state index contributed by atoms with van der Waals surface area (Å²) < 4.78 is 40.6. The molecule has 0 N–H and O–H groups in total. The standard InChI is InChI=1S/C14H15F3O2S2/c1-2-11-13(21-7-6-20-11)12(18)9-4-3-5-10(8-9)19-14(15,16)17/h3-5,8,11,13H,2,6-7H2,1H3. The van der Waals surface area contributed by atoms with E-state index in [1.807, 2.05) is 6.92 Å². The summed E-state index contributed by atoms with van der Waals surface area (Å²) in [5.41, 5.74) is 0.273. The molecule has 0 amide bonds. The molecule has 7 heteroatoms. The molecule has 2 rings (SSSR count). The lowest BCUT2D eigenvalue weighted by Crippen LogP contribution is -2.32. The molecule has 21 heavy (non-hydrogen) atoms. The van der Waals surface area contributed by atoms with Crippen molar-refractivity contribution in [2.75, 3.05) is 11.5 Å². The van der Waals surface area contributed by atoms with Crippen LogP contribution in [0, 0.1) is 0 Å². The molecule has 2 nitrogen and oxygen atoms in total. The van der Waals surface area contributed by atoms with E-state index in [9.17, 15) is 18.0 Å². The summed E-state index contributed by atoms with van der Waals surface area (Å²) in [6.45, 7) is 2.02. The van der Waals surface area contributed by atoms with Crippen LogP contribution in [0.4, 0.5) is 13.2 Å². The van der Waals surface area contributed by atoms with Gasteiger partial charge < -0.3 is 4.74 Å². The minimum absolute atomic E-state index is 0.119. The van der Waals surface area contributed by atoms with Gasteiger partial charge in [0.15, 0.2) is 5.78 Å². The number of carbonyl (C=O) groups is 1. The number of ketones is 1. The fourth-order valence-corrected chi connectivity index (χ4v) is 5.18. The van der Waals surface area contributed by atoms with Crippen LogP contribution in [-0.4, -0.2) is 34.2 Å². The van der Waals surface area contributed by atoms with Gasteiger partial charge in [0.25, 0.3) is 0 Å². The number of hydrogen-bond acceptors (Lipinski definition) is 4. The second-order valence-electron chi connectivity index (χ2n) is 4.55. The third kappa shape index (κ3) is 4.57. The van der Waals surface area contributed by atoms with Gasteiger partial charge in [-0.3, -0.25) is 4.79 Å². The Kier molecular flexibility index (Phi) is 5.48. The van der Waals surface area contributed by atoms with Crippen molar-refractivity contribution >= 4 is 29.3 Å². The first-order valence-corrected chi connectivity index (χ1v) is 8.63. The molecule has 1 aromatic rings. The highest BCUT2D eigenvalue weighted by Gasteiger charge is 2.33. The van der Waals surface area contributed by atoms with Crippen LogP contribution in [0.1, 0.15) is 23.7 Å². The maximum Gasteiger partial charge on any atom is 0.573 e. The van der Waals surface area contributed by atoms with E-state index in [-0.39, 0.29) is 27.6 Å². The summed E-state index contributed by atoms with van der Waals surface area (Å²) in [4.78, 5) is 12.5. The zero-order valence-corrected chi connectivity index (χ0v) is 13.0. The molecule has 1 aliphatic rings. The van der Waals surface area contributed by atoms with Crippen molar-refractivity contribution in [2.45, 2.75) is 30.2 Å². The molecule has 1 aliphatic heterocycles. The predicted molar refractivity (Wildman–Crippen MR) is 80.2 cm³/mol. The zero-order valence-electron chi connectivity index (χ0n) is 11.4. The van der Waals surface area contributed by atoms with Gasteiger partial charge in [0.2, 0.25) is 0 Å². The Morgan fingerprint density at radius 2 is 2.05 bits per heavy atom. The van der Waals surface area contributed by atoms with Crippen molar-refractivity contribution in [3.63, 3.8) is 0 Å². The van der Waals surface area contributed by atoms with Crippen molar-refractivity contribution in [2.24, 2.45) is 0 Å². The fraction of sp³-hybridized carbons (Fsp3) is 0.500. The number of Topliss-reactive ketones (excluding diaryl/α,β-unsaturated/α-hetero) is 1. The summed E-state index contributed by atoms with van der Waals surface area (Å²) in [6.07, 6.45) is -3.88. The number of alkyl halides is 3. The van der Waals surface area contributed by atoms with Crippen LogP contribution in [0.25, 0.3) is 0 Å². The summed E-state index contributed by atoms with van der Waals surface area (Å²) in [6, 6.07) is 5.32. The average molecular weight is 336 g/mol. The van der Waals surface area contributed by atoms with E-state index in [1.54, 1.807) is 23.5 Å². The predicted octanol–water partition coefficient (Wildman–Crippen LogP) is 4.40. The third-order valence-corrected chi connectivity index (χ3v) is 6.31. The van der Waals surface area contributed by atoms with Gasteiger partial charge in [-0.2, -0.15) is 11.8 Å². The first kappa shape index (κ1) is 16.5. The Morgan fingerprint density at radius 3 is 2.71 bits per heavy atom. The minimum Gasteiger partial charge on any atom is -0.406 e. The molecule has 0 bridgehead atoms. The SMILES string of the molecule is CCC1SCCSC1C(=O)c1cccc(OC(F)(F)F)c1. The van der Waals surface area contributed by atoms with Crippen LogP contribution in [0.5, 0.6) is 5.75 Å². The van der Waals surface area contributed by atoms with Gasteiger partial charge in [0, 0.05) is 22.3 Å². The molecule has 0 saturated carbocycles. The smallest absolute Gasteiger partial charge is 0.406 e. The second-order valence-corrected chi connectivity index (χ2v) is 7.15. The molecular formula is C14H15F3O2S2. The molecule has 0 aliphatic carbocycles. The van der Waals surface area contributed by atoms with Crippen molar-refractivity contribution in [3.05, 3.63) is 29.8 Å². The lowest BCUT2D eigenvalue weighted by atomic mass is 10.0. The molecular weight excluding hydrogens is 321 g/mol. The molecule has 116 valence electrons. The molecule has 1 saturated heterocycles. The van der Waals surface area contributed by atoms with Crippen LogP contribution in [0.15, 0.2) is 24.3 Å². The van der Waals surface area contributed by atoms with Gasteiger partial charge in [0.05, 0.1) is 5.25 Å². The normalized spacial score (nSPS) is 22.9. The summed E-state index contributed by atoms with van der Waals surface area (Å²) in [5.74, 6) is 1.42. The van der Waals surface area contributed by atoms with Crippen molar-refractivity contribution in [1.82, 2.24) is 0 Å². The highest BCUT2D eigenvalue weighted by molar-refractivity contribution is 8.07. The quantitative estimate of drug-likeness (QED) is 0.762. The maximum absolute atomic E-state index is 12.5.